The molecule has 1 aromatic heterocycles. The first-order valence-electron chi connectivity index (χ1n) is 4.86. The Kier molecular flexibility index (Phi) is 3.10. The molecule has 0 radical (unpaired) electrons. The predicted octanol–water partition coefficient (Wildman–Crippen LogP) is 3.26. The van der Waals surface area contributed by atoms with Crippen LogP contribution in [-0.4, -0.2) is 11.3 Å². The summed E-state index contributed by atoms with van der Waals surface area (Å²) in [6.07, 6.45) is 0.827. The largest absolute Gasteiger partial charge is 0.436 e. The van der Waals surface area contributed by atoms with Crippen LogP contribution in [0.3, 0.4) is 0 Å². The van der Waals surface area contributed by atoms with E-state index >= 15 is 0 Å². The molecule has 0 unspecified atom stereocenters. The third-order valence-electron chi connectivity index (χ3n) is 2.23. The van der Waals surface area contributed by atoms with Crippen LogP contribution in [0.1, 0.15) is 21.8 Å². The van der Waals surface area contributed by atoms with E-state index in [9.17, 15) is 4.79 Å². The third kappa shape index (κ3) is 2.33. The average molecular weight is 233 g/mol. The molecule has 0 fully saturated rings. The summed E-state index contributed by atoms with van der Waals surface area (Å²) < 4.78 is 5.46. The lowest BCUT2D eigenvalue weighted by Gasteiger charge is -1.96. The van der Waals surface area contributed by atoms with Gasteiger partial charge in [-0.25, -0.2) is 4.98 Å². The summed E-state index contributed by atoms with van der Waals surface area (Å²) in [7, 11) is 0. The maximum atomic E-state index is 10.5. The van der Waals surface area contributed by atoms with Gasteiger partial charge < -0.3 is 4.42 Å². The Bertz CT molecular complexity index is 483. The van der Waals surface area contributed by atoms with Crippen molar-refractivity contribution >= 4 is 18.0 Å². The van der Waals surface area contributed by atoms with E-state index in [-0.39, 0.29) is 0 Å². The Labute approximate surface area is 97.9 Å². The molecule has 0 amide bonds. The topological polar surface area (TPSA) is 43.1 Å². The van der Waals surface area contributed by atoms with Gasteiger partial charge in [-0.2, -0.15) is 0 Å². The molecule has 4 heteroatoms. The number of benzene rings is 1. The van der Waals surface area contributed by atoms with Crippen molar-refractivity contribution in [3.8, 4) is 0 Å². The van der Waals surface area contributed by atoms with E-state index < -0.39 is 0 Å². The van der Waals surface area contributed by atoms with Gasteiger partial charge in [0.1, 0.15) is 12.0 Å². The molecule has 0 N–H and O–H groups in total. The number of nitrogens with zero attached hydrogens (tertiary/aromatic N) is 1. The molecule has 82 valence electrons. The van der Waals surface area contributed by atoms with E-state index in [4.69, 9.17) is 4.42 Å². The highest BCUT2D eigenvalue weighted by Gasteiger charge is 2.07. The Morgan fingerprint density at radius 2 is 1.94 bits per heavy atom. The SMILES string of the molecule is Cc1nc(Sc2ccc(C=O)cc2)oc1C. The minimum absolute atomic E-state index is 0.633. The number of aryl methyl sites for hydroxylation is 2. The van der Waals surface area contributed by atoms with Crippen LogP contribution in [0, 0.1) is 13.8 Å². The quantitative estimate of drug-likeness (QED) is 0.763. The van der Waals surface area contributed by atoms with Crippen LogP contribution in [0.4, 0.5) is 0 Å². The molecular weight excluding hydrogens is 222 g/mol. The second kappa shape index (κ2) is 4.53. The van der Waals surface area contributed by atoms with Gasteiger partial charge in [0.15, 0.2) is 0 Å². The van der Waals surface area contributed by atoms with Crippen LogP contribution >= 0.6 is 11.8 Å². The lowest BCUT2D eigenvalue weighted by molar-refractivity contribution is 0.112. The molecule has 16 heavy (non-hydrogen) atoms. The van der Waals surface area contributed by atoms with E-state index in [2.05, 4.69) is 4.98 Å². The Morgan fingerprint density at radius 3 is 2.44 bits per heavy atom. The zero-order chi connectivity index (χ0) is 11.5. The Morgan fingerprint density at radius 1 is 1.25 bits per heavy atom. The fourth-order valence-corrected chi connectivity index (χ4v) is 2.03. The van der Waals surface area contributed by atoms with Crippen LogP contribution in [0.15, 0.2) is 38.8 Å². The maximum absolute atomic E-state index is 10.5. The summed E-state index contributed by atoms with van der Waals surface area (Å²) in [6, 6.07) is 7.31. The van der Waals surface area contributed by atoms with Crippen molar-refractivity contribution in [2.24, 2.45) is 0 Å². The molecule has 2 aromatic rings. The molecule has 1 heterocycles. The number of aromatic nitrogens is 1. The molecule has 0 atom stereocenters. The summed E-state index contributed by atoms with van der Waals surface area (Å²) in [5.41, 5.74) is 1.58. The smallest absolute Gasteiger partial charge is 0.260 e. The number of hydrogen-bond acceptors (Lipinski definition) is 4. The second-order valence-corrected chi connectivity index (χ2v) is 4.44. The van der Waals surface area contributed by atoms with Crippen molar-refractivity contribution in [3.63, 3.8) is 0 Å². The average Bonchev–Trinajstić information content (AvgIpc) is 2.59. The molecule has 0 aliphatic carbocycles. The number of carbonyl (C=O) groups excluding carboxylic acids is 1. The zero-order valence-corrected chi connectivity index (χ0v) is 9.88. The Balaban J connectivity index is 2.17. The second-order valence-electron chi connectivity index (χ2n) is 3.41. The van der Waals surface area contributed by atoms with E-state index in [1.807, 2.05) is 26.0 Å². The van der Waals surface area contributed by atoms with E-state index in [1.54, 1.807) is 12.1 Å². The number of hydrogen-bond donors (Lipinski definition) is 0. The van der Waals surface area contributed by atoms with Crippen molar-refractivity contribution in [3.05, 3.63) is 41.3 Å². The predicted molar refractivity (Wildman–Crippen MR) is 61.9 cm³/mol. The molecule has 0 spiro atoms. The highest BCUT2D eigenvalue weighted by atomic mass is 32.2. The van der Waals surface area contributed by atoms with Gasteiger partial charge in [-0.1, -0.05) is 12.1 Å². The van der Waals surface area contributed by atoms with E-state index in [0.717, 1.165) is 22.6 Å². The van der Waals surface area contributed by atoms with Gasteiger partial charge in [0.05, 0.1) is 5.69 Å². The molecule has 0 aliphatic rings. The first-order valence-corrected chi connectivity index (χ1v) is 5.68. The highest BCUT2D eigenvalue weighted by molar-refractivity contribution is 7.99. The fraction of sp³-hybridized carbons (Fsp3) is 0.167. The van der Waals surface area contributed by atoms with Crippen molar-refractivity contribution in [2.45, 2.75) is 24.0 Å². The number of oxazole rings is 1. The lowest BCUT2D eigenvalue weighted by atomic mass is 10.2. The van der Waals surface area contributed by atoms with Gasteiger partial charge in [0.25, 0.3) is 5.22 Å². The summed E-state index contributed by atoms with van der Waals surface area (Å²) >= 11 is 1.45. The van der Waals surface area contributed by atoms with Gasteiger partial charge in [-0.3, -0.25) is 4.79 Å². The van der Waals surface area contributed by atoms with E-state index in [1.165, 1.54) is 11.8 Å². The van der Waals surface area contributed by atoms with Crippen LogP contribution in [0.25, 0.3) is 0 Å². The zero-order valence-electron chi connectivity index (χ0n) is 9.06. The standard InChI is InChI=1S/C12H11NO2S/c1-8-9(2)15-12(13-8)16-11-5-3-10(7-14)4-6-11/h3-7H,1-2H3. The van der Waals surface area contributed by atoms with E-state index in [0.29, 0.717) is 10.8 Å². The van der Waals surface area contributed by atoms with Crippen molar-refractivity contribution in [1.29, 1.82) is 0 Å². The molecular formula is C12H11NO2S. The number of carbonyl (C=O) groups is 1. The summed E-state index contributed by atoms with van der Waals surface area (Å²) in [6.45, 7) is 3.81. The Hall–Kier alpha value is -1.55. The number of rotatable bonds is 3. The lowest BCUT2D eigenvalue weighted by Crippen LogP contribution is -1.79. The van der Waals surface area contributed by atoms with Crippen LogP contribution in [0.5, 0.6) is 0 Å². The van der Waals surface area contributed by atoms with Crippen molar-refractivity contribution in [2.75, 3.05) is 0 Å². The molecule has 0 saturated heterocycles. The molecule has 0 bridgehead atoms. The van der Waals surface area contributed by atoms with Gasteiger partial charge >= 0.3 is 0 Å². The molecule has 2 rings (SSSR count). The normalized spacial score (nSPS) is 10.4. The highest BCUT2D eigenvalue weighted by Crippen LogP contribution is 2.28. The van der Waals surface area contributed by atoms with Crippen LogP contribution < -0.4 is 0 Å². The van der Waals surface area contributed by atoms with Crippen molar-refractivity contribution < 1.29 is 9.21 Å². The van der Waals surface area contributed by atoms with Crippen LogP contribution in [0.2, 0.25) is 0 Å². The number of aldehydes is 1. The molecule has 0 aliphatic heterocycles. The molecule has 1 aromatic carbocycles. The van der Waals surface area contributed by atoms with Gasteiger partial charge in [-0.05, 0) is 37.7 Å². The molecule has 0 saturated carbocycles. The monoisotopic (exact) mass is 233 g/mol. The molecule has 3 nitrogen and oxygen atoms in total. The summed E-state index contributed by atoms with van der Waals surface area (Å²) in [4.78, 5) is 15.8. The minimum Gasteiger partial charge on any atom is -0.436 e. The minimum atomic E-state index is 0.633. The fourth-order valence-electron chi connectivity index (χ4n) is 1.20. The van der Waals surface area contributed by atoms with Gasteiger partial charge in [0, 0.05) is 10.5 Å². The van der Waals surface area contributed by atoms with Gasteiger partial charge in [-0.15, -0.1) is 0 Å². The van der Waals surface area contributed by atoms with Crippen molar-refractivity contribution in [1.82, 2.24) is 4.98 Å². The van der Waals surface area contributed by atoms with Crippen LogP contribution in [-0.2, 0) is 0 Å². The first kappa shape index (κ1) is 11.0. The van der Waals surface area contributed by atoms with Gasteiger partial charge in [0.2, 0.25) is 0 Å². The maximum Gasteiger partial charge on any atom is 0.260 e. The summed E-state index contributed by atoms with van der Waals surface area (Å²) in [5.74, 6) is 0.840. The summed E-state index contributed by atoms with van der Waals surface area (Å²) in [5, 5.41) is 0.633. The third-order valence-corrected chi connectivity index (χ3v) is 3.09. The first-order chi connectivity index (χ1) is 7.69.